The first-order valence-electron chi connectivity index (χ1n) is 6.00. The summed E-state index contributed by atoms with van der Waals surface area (Å²) >= 11 is 5.73. The van der Waals surface area contributed by atoms with E-state index in [2.05, 4.69) is 0 Å². The number of benzene rings is 1. The molecule has 1 heterocycles. The van der Waals surface area contributed by atoms with Crippen molar-refractivity contribution in [1.29, 1.82) is 0 Å². The number of carbonyl (C=O) groups is 1. The van der Waals surface area contributed by atoms with Gasteiger partial charge in [0.05, 0.1) is 30.2 Å². The maximum atomic E-state index is 13.2. The number of amides is 1. The van der Waals surface area contributed by atoms with Crippen LogP contribution >= 0.6 is 11.6 Å². The fraction of sp³-hybridized carbons (Fsp3) is 0.462. The van der Waals surface area contributed by atoms with Crippen molar-refractivity contribution >= 4 is 17.5 Å². The summed E-state index contributed by atoms with van der Waals surface area (Å²) in [4.78, 5) is 13.9. The number of rotatable bonds is 2. The van der Waals surface area contributed by atoms with Gasteiger partial charge in [0.1, 0.15) is 11.6 Å². The molecule has 2 atom stereocenters. The molecular formula is C13H15ClFNO3. The smallest absolute Gasteiger partial charge is 0.258 e. The van der Waals surface area contributed by atoms with Crippen molar-refractivity contribution < 1.29 is 19.0 Å². The molecule has 1 N–H and O–H groups in total. The van der Waals surface area contributed by atoms with Crippen LogP contribution in [0.1, 0.15) is 17.3 Å². The molecule has 1 fully saturated rings. The van der Waals surface area contributed by atoms with E-state index in [0.717, 1.165) is 12.1 Å². The lowest BCUT2D eigenvalue weighted by molar-refractivity contribution is -0.0372. The molecule has 4 nitrogen and oxygen atoms in total. The molecule has 0 saturated carbocycles. The number of halogens is 2. The maximum absolute atomic E-state index is 13.2. The molecule has 0 spiro atoms. The second-order valence-corrected chi connectivity index (χ2v) is 4.89. The van der Waals surface area contributed by atoms with Crippen molar-refractivity contribution in [3.05, 3.63) is 29.6 Å². The lowest BCUT2D eigenvalue weighted by atomic mass is 10.1. The predicted octanol–water partition coefficient (Wildman–Crippen LogP) is 2.00. The number of aromatic hydroxyl groups is 1. The number of hydrogen-bond donors (Lipinski definition) is 1. The van der Waals surface area contributed by atoms with Crippen LogP contribution in [0.4, 0.5) is 4.39 Å². The van der Waals surface area contributed by atoms with Crippen LogP contribution in [0.5, 0.6) is 5.75 Å². The van der Waals surface area contributed by atoms with Crippen LogP contribution in [-0.2, 0) is 4.74 Å². The second-order valence-electron chi connectivity index (χ2n) is 4.58. The topological polar surface area (TPSA) is 49.8 Å². The third-order valence-corrected chi connectivity index (χ3v) is 3.47. The molecule has 0 radical (unpaired) electrons. The Labute approximate surface area is 115 Å². The predicted molar refractivity (Wildman–Crippen MR) is 69.0 cm³/mol. The minimum Gasteiger partial charge on any atom is -0.507 e. The van der Waals surface area contributed by atoms with Crippen LogP contribution in [0, 0.1) is 5.82 Å². The van der Waals surface area contributed by atoms with Gasteiger partial charge in [-0.25, -0.2) is 4.39 Å². The Hall–Kier alpha value is -1.33. The van der Waals surface area contributed by atoms with Gasteiger partial charge in [0.2, 0.25) is 0 Å². The first kappa shape index (κ1) is 14.1. The highest BCUT2D eigenvalue weighted by atomic mass is 35.5. The van der Waals surface area contributed by atoms with Crippen LogP contribution in [-0.4, -0.2) is 47.1 Å². The molecule has 1 aliphatic heterocycles. The summed E-state index contributed by atoms with van der Waals surface area (Å²) in [5.74, 6) is -0.919. The normalized spacial score (nSPS) is 23.4. The molecule has 1 saturated heterocycles. The highest BCUT2D eigenvalue weighted by molar-refractivity contribution is 6.18. The van der Waals surface area contributed by atoms with E-state index in [4.69, 9.17) is 16.3 Å². The second kappa shape index (κ2) is 5.75. The zero-order chi connectivity index (χ0) is 14.0. The van der Waals surface area contributed by atoms with Crippen molar-refractivity contribution in [3.63, 3.8) is 0 Å². The molecular weight excluding hydrogens is 273 g/mol. The number of nitrogens with zero attached hydrogens (tertiary/aromatic N) is 1. The number of carbonyl (C=O) groups excluding carboxylic acids is 1. The number of alkyl halides is 1. The molecule has 0 aliphatic carbocycles. The van der Waals surface area contributed by atoms with Gasteiger partial charge >= 0.3 is 0 Å². The van der Waals surface area contributed by atoms with E-state index in [1.54, 1.807) is 4.90 Å². The van der Waals surface area contributed by atoms with E-state index >= 15 is 0 Å². The van der Waals surface area contributed by atoms with Crippen LogP contribution in [0.15, 0.2) is 18.2 Å². The minimum absolute atomic E-state index is 0.0397. The Bertz CT molecular complexity index is 483. The van der Waals surface area contributed by atoms with Gasteiger partial charge in [-0.1, -0.05) is 0 Å². The molecule has 6 heteroatoms. The standard InChI is InChI=1S/C13H15ClFNO3/c1-8-7-19-10(5-14)6-16(8)13(18)11-4-9(15)2-3-12(11)17/h2-4,8,10,17H,5-7H2,1H3. The molecule has 1 aromatic carbocycles. The fourth-order valence-corrected chi connectivity index (χ4v) is 2.21. The van der Waals surface area contributed by atoms with Gasteiger partial charge in [0, 0.05) is 6.54 Å². The molecule has 104 valence electrons. The highest BCUT2D eigenvalue weighted by Crippen LogP contribution is 2.23. The third kappa shape index (κ3) is 2.98. The zero-order valence-corrected chi connectivity index (χ0v) is 11.2. The quantitative estimate of drug-likeness (QED) is 0.847. The molecule has 1 amide bonds. The summed E-state index contributed by atoms with van der Waals surface area (Å²) in [5.41, 5.74) is -0.0397. The van der Waals surface area contributed by atoms with Crippen LogP contribution in [0.3, 0.4) is 0 Å². The number of phenols is 1. The first-order chi connectivity index (χ1) is 9.02. The average Bonchev–Trinajstić information content (AvgIpc) is 2.41. The minimum atomic E-state index is -0.559. The molecule has 19 heavy (non-hydrogen) atoms. The van der Waals surface area contributed by atoms with E-state index in [1.807, 2.05) is 6.92 Å². The Kier molecular flexibility index (Phi) is 4.27. The van der Waals surface area contributed by atoms with E-state index in [9.17, 15) is 14.3 Å². The molecule has 2 unspecified atom stereocenters. The molecule has 0 aromatic heterocycles. The van der Waals surface area contributed by atoms with Crippen molar-refractivity contribution in [1.82, 2.24) is 4.90 Å². The fourth-order valence-electron chi connectivity index (χ4n) is 2.03. The summed E-state index contributed by atoms with van der Waals surface area (Å²) in [6.07, 6.45) is -0.238. The van der Waals surface area contributed by atoms with E-state index in [0.29, 0.717) is 13.2 Å². The molecule has 1 aliphatic rings. The molecule has 2 rings (SSSR count). The lowest BCUT2D eigenvalue weighted by Gasteiger charge is -2.37. The van der Waals surface area contributed by atoms with Crippen molar-refractivity contribution in [3.8, 4) is 5.75 Å². The van der Waals surface area contributed by atoms with Gasteiger partial charge in [-0.2, -0.15) is 0 Å². The van der Waals surface area contributed by atoms with Crippen LogP contribution in [0.25, 0.3) is 0 Å². The molecule has 0 bridgehead atoms. The van der Waals surface area contributed by atoms with Gasteiger partial charge in [-0.15, -0.1) is 11.6 Å². The lowest BCUT2D eigenvalue weighted by Crippen LogP contribution is -2.51. The van der Waals surface area contributed by atoms with Crippen LogP contribution < -0.4 is 0 Å². The third-order valence-electron chi connectivity index (χ3n) is 3.13. The highest BCUT2D eigenvalue weighted by Gasteiger charge is 2.31. The number of phenolic OH excluding ortho intramolecular Hbond substituents is 1. The zero-order valence-electron chi connectivity index (χ0n) is 10.5. The Balaban J connectivity index is 2.24. The SMILES string of the molecule is CC1COC(CCl)CN1C(=O)c1cc(F)ccc1O. The number of ether oxygens (including phenoxy) is 1. The average molecular weight is 288 g/mol. The number of hydrogen-bond acceptors (Lipinski definition) is 3. The summed E-state index contributed by atoms with van der Waals surface area (Å²) < 4.78 is 18.6. The van der Waals surface area contributed by atoms with Gasteiger partial charge in [-0.05, 0) is 25.1 Å². The van der Waals surface area contributed by atoms with Crippen molar-refractivity contribution in [2.45, 2.75) is 19.1 Å². The van der Waals surface area contributed by atoms with Gasteiger partial charge in [-0.3, -0.25) is 4.79 Å². The first-order valence-corrected chi connectivity index (χ1v) is 6.53. The number of morpholine rings is 1. The Morgan fingerprint density at radius 3 is 3.05 bits per heavy atom. The Morgan fingerprint density at radius 1 is 1.63 bits per heavy atom. The van der Waals surface area contributed by atoms with Crippen molar-refractivity contribution in [2.75, 3.05) is 19.0 Å². The monoisotopic (exact) mass is 287 g/mol. The van der Waals surface area contributed by atoms with E-state index < -0.39 is 11.7 Å². The Morgan fingerprint density at radius 2 is 2.37 bits per heavy atom. The maximum Gasteiger partial charge on any atom is 0.258 e. The summed E-state index contributed by atoms with van der Waals surface area (Å²) in [6, 6.07) is 3.17. The van der Waals surface area contributed by atoms with Gasteiger partial charge in [0.15, 0.2) is 0 Å². The summed E-state index contributed by atoms with van der Waals surface area (Å²) in [5, 5.41) is 9.67. The summed E-state index contributed by atoms with van der Waals surface area (Å²) in [7, 11) is 0. The van der Waals surface area contributed by atoms with Crippen LogP contribution in [0.2, 0.25) is 0 Å². The largest absolute Gasteiger partial charge is 0.507 e. The van der Waals surface area contributed by atoms with E-state index in [-0.39, 0.29) is 29.3 Å². The molecule has 1 aromatic rings. The van der Waals surface area contributed by atoms with E-state index in [1.165, 1.54) is 6.07 Å². The van der Waals surface area contributed by atoms with Crippen molar-refractivity contribution in [2.24, 2.45) is 0 Å². The summed E-state index contributed by atoms with van der Waals surface area (Å²) in [6.45, 7) is 2.54. The van der Waals surface area contributed by atoms with Gasteiger partial charge < -0.3 is 14.7 Å². The van der Waals surface area contributed by atoms with Gasteiger partial charge in [0.25, 0.3) is 5.91 Å².